The van der Waals surface area contributed by atoms with E-state index >= 15 is 0 Å². The van der Waals surface area contributed by atoms with Crippen molar-refractivity contribution in [3.8, 4) is 0 Å². The van der Waals surface area contributed by atoms with Crippen LogP contribution in [0, 0.1) is 11.8 Å². The zero-order valence-corrected chi connectivity index (χ0v) is 13.3. The number of Topliss-reactive ketones (excluding diaryl/α,β-unsaturated/α-hetero) is 1. The molecule has 1 fully saturated rings. The van der Waals surface area contributed by atoms with Gasteiger partial charge >= 0.3 is 0 Å². The second-order valence-corrected chi connectivity index (χ2v) is 8.13. The minimum atomic E-state index is -0.777. The van der Waals surface area contributed by atoms with E-state index < -0.39 is 4.93 Å². The Hall–Kier alpha value is -0.540. The molecule has 2 nitrogen and oxygen atoms in total. The molecule has 0 radical (unpaired) electrons. The van der Waals surface area contributed by atoms with E-state index in [1.54, 1.807) is 18.7 Å². The minimum Gasteiger partial charge on any atom is -0.374 e. The van der Waals surface area contributed by atoms with E-state index in [-0.39, 0.29) is 10.5 Å². The summed E-state index contributed by atoms with van der Waals surface area (Å²) in [6.07, 6.45) is 5.47. The highest BCUT2D eigenvalue weighted by Gasteiger charge is 2.70. The number of thioether (sulfide) groups is 1. The molecule has 0 aromatic rings. The number of hydrogen-bond acceptors (Lipinski definition) is 3. The van der Waals surface area contributed by atoms with Gasteiger partial charge in [0.1, 0.15) is 4.93 Å². The summed E-state index contributed by atoms with van der Waals surface area (Å²) < 4.78 is -0.249. The third-order valence-corrected chi connectivity index (χ3v) is 5.51. The Kier molecular flexibility index (Phi) is 3.74. The Labute approximate surface area is 120 Å². The van der Waals surface area contributed by atoms with Gasteiger partial charge in [0.2, 0.25) is 0 Å². The minimum absolute atomic E-state index is 0.115. The van der Waals surface area contributed by atoms with Crippen LogP contribution < -0.4 is 0 Å². The van der Waals surface area contributed by atoms with Crippen molar-refractivity contribution in [2.24, 2.45) is 11.8 Å². The Morgan fingerprint density at radius 1 is 1.32 bits per heavy atom. The summed E-state index contributed by atoms with van der Waals surface area (Å²) in [7, 11) is 0. The Bertz CT molecular complexity index is 461. The Morgan fingerprint density at radius 3 is 2.42 bits per heavy atom. The maximum absolute atomic E-state index is 11.9. The summed E-state index contributed by atoms with van der Waals surface area (Å²) in [6.45, 7) is 10.3. The van der Waals surface area contributed by atoms with Crippen molar-refractivity contribution in [3.63, 3.8) is 0 Å². The predicted molar refractivity (Wildman–Crippen MR) is 81.0 cm³/mol. The number of fused-ring (bicyclic) bond motifs is 1. The van der Waals surface area contributed by atoms with Crippen LogP contribution in [0.15, 0.2) is 23.3 Å². The van der Waals surface area contributed by atoms with E-state index in [0.29, 0.717) is 11.8 Å². The first-order valence-electron chi connectivity index (χ1n) is 7.08. The van der Waals surface area contributed by atoms with Crippen LogP contribution in [-0.4, -0.2) is 20.6 Å². The SMILES string of the molecule is CC(=O)C1=C(CC(C)C)C2(CC(C)C)SC2(O)C=C1. The van der Waals surface area contributed by atoms with Crippen molar-refractivity contribution in [3.05, 3.63) is 23.3 Å². The monoisotopic (exact) mass is 280 g/mol. The number of carbonyl (C=O) groups is 1. The Balaban J connectivity index is 2.46. The molecule has 2 rings (SSSR count). The molecule has 0 aromatic heterocycles. The van der Waals surface area contributed by atoms with Crippen molar-refractivity contribution < 1.29 is 9.90 Å². The molecule has 0 bridgehead atoms. The average Bonchev–Trinajstić information content (AvgIpc) is 2.82. The third kappa shape index (κ3) is 2.43. The number of allylic oxidation sites excluding steroid dienone is 2. The van der Waals surface area contributed by atoms with Crippen molar-refractivity contribution in [1.29, 1.82) is 0 Å². The lowest BCUT2D eigenvalue weighted by molar-refractivity contribution is -0.113. The molecular formula is C16H24O2S. The Morgan fingerprint density at radius 2 is 1.95 bits per heavy atom. The zero-order valence-electron chi connectivity index (χ0n) is 12.5. The molecular weight excluding hydrogens is 256 g/mol. The molecule has 19 heavy (non-hydrogen) atoms. The van der Waals surface area contributed by atoms with E-state index in [2.05, 4.69) is 27.7 Å². The van der Waals surface area contributed by atoms with Crippen molar-refractivity contribution in [2.45, 2.75) is 57.1 Å². The molecule has 106 valence electrons. The molecule has 3 heteroatoms. The van der Waals surface area contributed by atoms with Crippen LogP contribution >= 0.6 is 11.8 Å². The summed E-state index contributed by atoms with van der Waals surface area (Å²) in [4.78, 5) is 11.1. The first-order valence-corrected chi connectivity index (χ1v) is 7.90. The summed E-state index contributed by atoms with van der Waals surface area (Å²) >= 11 is 1.61. The van der Waals surface area contributed by atoms with E-state index in [9.17, 15) is 9.90 Å². The van der Waals surface area contributed by atoms with Gasteiger partial charge in [-0.1, -0.05) is 33.8 Å². The largest absolute Gasteiger partial charge is 0.374 e. The number of ketones is 1. The van der Waals surface area contributed by atoms with Crippen LogP contribution in [0.1, 0.15) is 47.5 Å². The maximum Gasteiger partial charge on any atom is 0.159 e. The van der Waals surface area contributed by atoms with E-state index in [1.165, 1.54) is 5.57 Å². The number of hydrogen-bond donors (Lipinski definition) is 1. The van der Waals surface area contributed by atoms with Crippen molar-refractivity contribution in [2.75, 3.05) is 0 Å². The van der Waals surface area contributed by atoms with Crippen LogP contribution in [0.2, 0.25) is 0 Å². The van der Waals surface area contributed by atoms with Gasteiger partial charge in [0, 0.05) is 5.57 Å². The van der Waals surface area contributed by atoms with Gasteiger partial charge in [0.25, 0.3) is 0 Å². The smallest absolute Gasteiger partial charge is 0.159 e. The number of rotatable bonds is 5. The third-order valence-electron chi connectivity index (χ3n) is 3.84. The second-order valence-electron chi connectivity index (χ2n) is 6.60. The first kappa shape index (κ1) is 14.9. The molecule has 0 aromatic carbocycles. The van der Waals surface area contributed by atoms with Gasteiger partial charge in [-0.2, -0.15) is 0 Å². The van der Waals surface area contributed by atoms with Gasteiger partial charge in [-0.3, -0.25) is 4.79 Å². The lowest BCUT2D eigenvalue weighted by Gasteiger charge is -2.29. The quantitative estimate of drug-likeness (QED) is 0.780. The van der Waals surface area contributed by atoms with Gasteiger partial charge in [-0.15, -0.1) is 11.8 Å². The summed E-state index contributed by atoms with van der Waals surface area (Å²) in [5.74, 6) is 1.11. The predicted octanol–water partition coefficient (Wildman–Crippen LogP) is 3.71. The van der Waals surface area contributed by atoms with Crippen molar-refractivity contribution >= 4 is 17.5 Å². The van der Waals surface area contributed by atoms with E-state index in [1.807, 2.05) is 12.2 Å². The highest BCUT2D eigenvalue weighted by atomic mass is 32.2. The maximum atomic E-state index is 11.9. The van der Waals surface area contributed by atoms with Gasteiger partial charge in [0.05, 0.1) is 4.75 Å². The standard InChI is InChI=1S/C16H24O2S/c1-10(2)8-14-13(12(5)17)6-7-16(18)15(14,19-16)9-11(3)4/h6-7,10-11,18H,8-9H2,1-5H3. The normalized spacial score (nSPS) is 33.1. The topological polar surface area (TPSA) is 37.3 Å². The van der Waals surface area contributed by atoms with Gasteiger partial charge in [0.15, 0.2) is 5.78 Å². The van der Waals surface area contributed by atoms with Crippen LogP contribution in [0.3, 0.4) is 0 Å². The van der Waals surface area contributed by atoms with Gasteiger partial charge in [-0.05, 0) is 43.3 Å². The van der Waals surface area contributed by atoms with Crippen LogP contribution in [-0.2, 0) is 4.79 Å². The summed E-state index contributed by atoms with van der Waals surface area (Å²) in [6, 6.07) is 0. The van der Waals surface area contributed by atoms with E-state index in [4.69, 9.17) is 0 Å². The fourth-order valence-corrected chi connectivity index (χ4v) is 4.72. The van der Waals surface area contributed by atoms with Gasteiger partial charge < -0.3 is 5.11 Å². The fraction of sp³-hybridized carbons (Fsp3) is 0.688. The summed E-state index contributed by atoms with van der Waals surface area (Å²) in [5, 5.41) is 10.7. The fourth-order valence-electron chi connectivity index (χ4n) is 3.10. The molecule has 0 saturated carbocycles. The molecule has 1 N–H and O–H groups in total. The molecule has 1 heterocycles. The molecule has 0 amide bonds. The highest BCUT2D eigenvalue weighted by molar-refractivity contribution is 8.10. The molecule has 1 saturated heterocycles. The lowest BCUT2D eigenvalue weighted by atomic mass is 9.76. The number of aliphatic hydroxyl groups is 1. The number of carbonyl (C=O) groups excluding carboxylic acids is 1. The van der Waals surface area contributed by atoms with E-state index in [0.717, 1.165) is 18.4 Å². The van der Waals surface area contributed by atoms with Crippen LogP contribution in [0.25, 0.3) is 0 Å². The first-order chi connectivity index (χ1) is 8.72. The zero-order chi connectivity index (χ0) is 14.4. The van der Waals surface area contributed by atoms with Crippen LogP contribution in [0.5, 0.6) is 0 Å². The van der Waals surface area contributed by atoms with Crippen molar-refractivity contribution in [1.82, 2.24) is 0 Å². The molecule has 2 aliphatic rings. The second kappa shape index (κ2) is 4.78. The highest BCUT2D eigenvalue weighted by Crippen LogP contribution is 2.72. The molecule has 2 atom stereocenters. The van der Waals surface area contributed by atoms with Crippen LogP contribution in [0.4, 0.5) is 0 Å². The molecule has 2 unspecified atom stereocenters. The summed E-state index contributed by atoms with van der Waals surface area (Å²) in [5.41, 5.74) is 1.99. The average molecular weight is 280 g/mol. The molecule has 1 aliphatic heterocycles. The van der Waals surface area contributed by atoms with Gasteiger partial charge in [-0.25, -0.2) is 0 Å². The lowest BCUT2D eigenvalue weighted by Crippen LogP contribution is -2.33. The molecule has 1 aliphatic carbocycles. The molecule has 0 spiro atoms.